The van der Waals surface area contributed by atoms with Crippen molar-refractivity contribution in [2.24, 2.45) is 16.6 Å². The van der Waals surface area contributed by atoms with Gasteiger partial charge in [-0.1, -0.05) is 39.0 Å². The molecule has 142 valence electrons. The third-order valence-corrected chi connectivity index (χ3v) is 4.06. The van der Waals surface area contributed by atoms with E-state index in [4.69, 9.17) is 10.5 Å². The molecule has 0 heterocycles. The Bertz CT molecular complexity index is 362. The van der Waals surface area contributed by atoms with Crippen LogP contribution in [-0.2, 0) is 4.74 Å². The van der Waals surface area contributed by atoms with Crippen LogP contribution >= 0.6 is 24.0 Å². The smallest absolute Gasteiger partial charge is 0.407 e. The molecule has 1 atom stereocenters. The van der Waals surface area contributed by atoms with Gasteiger partial charge in [0.15, 0.2) is 5.96 Å². The highest BCUT2D eigenvalue weighted by Crippen LogP contribution is 2.32. The molecule has 1 amide bonds. The van der Waals surface area contributed by atoms with E-state index in [0.29, 0.717) is 25.0 Å². The van der Waals surface area contributed by atoms with E-state index in [1.54, 1.807) is 6.92 Å². The maximum Gasteiger partial charge on any atom is 0.407 e. The van der Waals surface area contributed by atoms with Crippen LogP contribution in [0.1, 0.15) is 65.2 Å². The summed E-state index contributed by atoms with van der Waals surface area (Å²) >= 11 is 0. The zero-order valence-corrected chi connectivity index (χ0v) is 17.5. The van der Waals surface area contributed by atoms with Gasteiger partial charge in [-0.3, -0.25) is 4.99 Å². The van der Waals surface area contributed by atoms with Crippen LogP contribution in [0, 0.1) is 5.92 Å². The number of aliphatic imine (C=N–C) groups is 1. The monoisotopic (exact) mass is 454 g/mol. The minimum atomic E-state index is -0.363. The first kappa shape index (κ1) is 23.3. The highest BCUT2D eigenvalue weighted by Gasteiger charge is 2.32. The average Bonchev–Trinajstić information content (AvgIpc) is 3.35. The molecule has 7 heteroatoms. The molecule has 24 heavy (non-hydrogen) atoms. The summed E-state index contributed by atoms with van der Waals surface area (Å²) in [6.45, 7) is 5.78. The Hall–Kier alpha value is -0.730. The molecule has 0 bridgehead atoms. The number of amides is 1. The molecule has 0 aliphatic heterocycles. The van der Waals surface area contributed by atoms with Gasteiger partial charge in [-0.2, -0.15) is 0 Å². The van der Waals surface area contributed by atoms with Gasteiger partial charge in [0.1, 0.15) is 0 Å². The Balaban J connectivity index is 0.00000529. The van der Waals surface area contributed by atoms with Crippen LogP contribution in [0.25, 0.3) is 0 Å². The summed E-state index contributed by atoms with van der Waals surface area (Å²) in [5.74, 6) is 0.976. The zero-order chi connectivity index (χ0) is 16.9. The van der Waals surface area contributed by atoms with Crippen LogP contribution in [0.15, 0.2) is 4.99 Å². The van der Waals surface area contributed by atoms with Gasteiger partial charge in [-0.15, -0.1) is 24.0 Å². The lowest BCUT2D eigenvalue weighted by molar-refractivity contribution is 0.147. The van der Waals surface area contributed by atoms with Gasteiger partial charge < -0.3 is 21.1 Å². The summed E-state index contributed by atoms with van der Waals surface area (Å²) in [6.07, 6.45) is 9.48. The zero-order valence-electron chi connectivity index (χ0n) is 15.2. The molecule has 0 saturated heterocycles. The number of ether oxygens (including phenoxy) is 1. The molecule has 0 spiro atoms. The third-order valence-electron chi connectivity index (χ3n) is 4.06. The molecule has 0 aromatic heterocycles. The summed E-state index contributed by atoms with van der Waals surface area (Å²) in [7, 11) is 0. The first-order valence-electron chi connectivity index (χ1n) is 9.14. The lowest BCUT2D eigenvalue weighted by Gasteiger charge is -2.16. The highest BCUT2D eigenvalue weighted by atomic mass is 127. The van der Waals surface area contributed by atoms with Gasteiger partial charge in [-0.05, 0) is 32.1 Å². The van der Waals surface area contributed by atoms with Crippen LogP contribution in [0.3, 0.4) is 0 Å². The lowest BCUT2D eigenvalue weighted by Crippen LogP contribution is -2.40. The van der Waals surface area contributed by atoms with E-state index in [-0.39, 0.29) is 36.1 Å². The standard InChI is InChI=1S/C17H34N4O2.HI/c1-3-5-6-7-8-9-12-19-16(18)20-13-15(14-10-11-14)21-17(22)23-4-2;/h14-15H,3-13H2,1-2H3,(H,21,22)(H3,18,19,20);1H. The minimum absolute atomic E-state index is 0. The summed E-state index contributed by atoms with van der Waals surface area (Å²) in [6, 6.07) is 0.0310. The van der Waals surface area contributed by atoms with Crippen molar-refractivity contribution < 1.29 is 9.53 Å². The number of unbranched alkanes of at least 4 members (excludes halogenated alkanes) is 5. The van der Waals surface area contributed by atoms with E-state index in [1.807, 2.05) is 0 Å². The van der Waals surface area contributed by atoms with E-state index < -0.39 is 0 Å². The number of carbonyl (C=O) groups excluding carboxylic acids is 1. The van der Waals surface area contributed by atoms with Crippen LogP contribution < -0.4 is 16.4 Å². The van der Waals surface area contributed by atoms with Crippen molar-refractivity contribution in [3.63, 3.8) is 0 Å². The van der Waals surface area contributed by atoms with Gasteiger partial charge in [-0.25, -0.2) is 4.79 Å². The van der Waals surface area contributed by atoms with Gasteiger partial charge in [0.25, 0.3) is 0 Å². The molecule has 4 N–H and O–H groups in total. The van der Waals surface area contributed by atoms with Gasteiger partial charge in [0.2, 0.25) is 0 Å². The van der Waals surface area contributed by atoms with E-state index >= 15 is 0 Å². The molecular weight excluding hydrogens is 419 g/mol. The molecule has 6 nitrogen and oxygen atoms in total. The number of nitrogens with two attached hydrogens (primary N) is 1. The molecule has 1 aliphatic rings. The fourth-order valence-corrected chi connectivity index (χ4v) is 2.51. The largest absolute Gasteiger partial charge is 0.450 e. The number of guanidine groups is 1. The number of carbonyl (C=O) groups is 1. The van der Waals surface area contributed by atoms with Gasteiger partial charge in [0.05, 0.1) is 19.2 Å². The molecule has 1 unspecified atom stereocenters. The quantitative estimate of drug-likeness (QED) is 0.183. The topological polar surface area (TPSA) is 88.7 Å². The normalized spacial score (nSPS) is 15.3. The second-order valence-electron chi connectivity index (χ2n) is 6.23. The Kier molecular flexibility index (Phi) is 14.2. The fraction of sp³-hybridized carbons (Fsp3) is 0.882. The molecular formula is C17H35IN4O2. The van der Waals surface area contributed by atoms with Crippen molar-refractivity contribution in [3.8, 4) is 0 Å². The first-order valence-corrected chi connectivity index (χ1v) is 9.14. The molecule has 0 aromatic rings. The Labute approximate surface area is 163 Å². The van der Waals surface area contributed by atoms with Crippen LogP contribution in [0.2, 0.25) is 0 Å². The van der Waals surface area contributed by atoms with Crippen LogP contribution in [0.5, 0.6) is 0 Å². The predicted octanol–water partition coefficient (Wildman–Crippen LogP) is 3.39. The summed E-state index contributed by atoms with van der Waals surface area (Å²) in [5.41, 5.74) is 5.89. The third kappa shape index (κ3) is 11.8. The Morgan fingerprint density at radius 2 is 1.88 bits per heavy atom. The maximum atomic E-state index is 11.5. The summed E-state index contributed by atoms with van der Waals surface area (Å²) in [4.78, 5) is 15.9. The molecule has 0 radical (unpaired) electrons. The number of halogens is 1. The molecule has 0 aromatic carbocycles. The van der Waals surface area contributed by atoms with Crippen molar-refractivity contribution in [3.05, 3.63) is 0 Å². The highest BCUT2D eigenvalue weighted by molar-refractivity contribution is 14.0. The molecule has 1 saturated carbocycles. The van der Waals surface area contributed by atoms with Crippen molar-refractivity contribution in [2.45, 2.75) is 71.3 Å². The molecule has 1 fully saturated rings. The van der Waals surface area contributed by atoms with Crippen molar-refractivity contribution in [2.75, 3.05) is 19.7 Å². The lowest BCUT2D eigenvalue weighted by atomic mass is 10.1. The number of nitrogens with one attached hydrogen (secondary N) is 2. The van der Waals surface area contributed by atoms with Crippen molar-refractivity contribution in [1.29, 1.82) is 0 Å². The second-order valence-corrected chi connectivity index (χ2v) is 6.23. The van der Waals surface area contributed by atoms with Crippen molar-refractivity contribution >= 4 is 36.0 Å². The van der Waals surface area contributed by atoms with E-state index in [2.05, 4.69) is 22.5 Å². The molecule has 1 rings (SSSR count). The first-order chi connectivity index (χ1) is 11.2. The predicted molar refractivity (Wildman–Crippen MR) is 110 cm³/mol. The number of alkyl carbamates (subject to hydrolysis) is 1. The van der Waals surface area contributed by atoms with Gasteiger partial charge in [0, 0.05) is 6.54 Å². The number of nitrogens with zero attached hydrogens (tertiary/aromatic N) is 1. The number of rotatable bonds is 12. The number of hydrogen-bond acceptors (Lipinski definition) is 3. The van der Waals surface area contributed by atoms with E-state index in [1.165, 1.54) is 32.1 Å². The van der Waals surface area contributed by atoms with E-state index in [9.17, 15) is 4.79 Å². The molecule has 1 aliphatic carbocycles. The average molecular weight is 454 g/mol. The van der Waals surface area contributed by atoms with Crippen LogP contribution in [-0.4, -0.2) is 37.8 Å². The van der Waals surface area contributed by atoms with E-state index in [0.717, 1.165) is 25.8 Å². The maximum absolute atomic E-state index is 11.5. The Morgan fingerprint density at radius 1 is 1.21 bits per heavy atom. The van der Waals surface area contributed by atoms with Crippen molar-refractivity contribution in [1.82, 2.24) is 10.6 Å². The van der Waals surface area contributed by atoms with Gasteiger partial charge >= 0.3 is 6.09 Å². The fourth-order valence-electron chi connectivity index (χ4n) is 2.51. The SMILES string of the molecule is CCCCCCCCNC(N)=NCC(NC(=O)OCC)C1CC1.I. The summed E-state index contributed by atoms with van der Waals surface area (Å²) in [5, 5.41) is 6.03. The minimum Gasteiger partial charge on any atom is -0.450 e. The van der Waals surface area contributed by atoms with Crippen LogP contribution in [0.4, 0.5) is 4.79 Å². The number of hydrogen-bond donors (Lipinski definition) is 3. The Morgan fingerprint density at radius 3 is 2.50 bits per heavy atom. The second kappa shape index (κ2) is 14.6. The summed E-state index contributed by atoms with van der Waals surface area (Å²) < 4.78 is 4.93.